The molecule has 0 bridgehead atoms. The second-order valence-corrected chi connectivity index (χ2v) is 6.35. The molecule has 1 aromatic carbocycles. The number of methoxy groups -OCH3 is 1. The van der Waals surface area contributed by atoms with Crippen LogP contribution in [0.15, 0.2) is 51.5 Å². The van der Waals surface area contributed by atoms with E-state index >= 15 is 0 Å². The maximum absolute atomic E-state index is 12.5. The molecular formula is C19H19NO5. The van der Waals surface area contributed by atoms with Crippen LogP contribution < -0.4 is 10.1 Å². The minimum Gasteiger partial charge on any atom is -0.493 e. The zero-order valence-corrected chi connectivity index (χ0v) is 13.8. The molecule has 2 aromatic heterocycles. The summed E-state index contributed by atoms with van der Waals surface area (Å²) < 4.78 is 16.3. The predicted molar refractivity (Wildman–Crippen MR) is 90.4 cm³/mol. The van der Waals surface area contributed by atoms with Gasteiger partial charge in [-0.05, 0) is 43.0 Å². The summed E-state index contributed by atoms with van der Waals surface area (Å²) in [5, 5.41) is 14.5. The van der Waals surface area contributed by atoms with Gasteiger partial charge in [-0.2, -0.15) is 0 Å². The summed E-state index contributed by atoms with van der Waals surface area (Å²) in [6, 6.07) is 10.6. The number of amides is 1. The van der Waals surface area contributed by atoms with Gasteiger partial charge in [-0.1, -0.05) is 12.1 Å². The van der Waals surface area contributed by atoms with Gasteiger partial charge in [0.05, 0.1) is 19.9 Å². The molecule has 6 heteroatoms. The summed E-state index contributed by atoms with van der Waals surface area (Å²) in [5.74, 6) is 0.930. The lowest BCUT2D eigenvalue weighted by Gasteiger charge is -2.26. The van der Waals surface area contributed by atoms with Gasteiger partial charge >= 0.3 is 0 Å². The average Bonchev–Trinajstić information content (AvgIpc) is 3.17. The summed E-state index contributed by atoms with van der Waals surface area (Å²) >= 11 is 0. The zero-order valence-electron chi connectivity index (χ0n) is 13.8. The van der Waals surface area contributed by atoms with E-state index in [-0.39, 0.29) is 24.1 Å². The number of hydrogen-bond acceptors (Lipinski definition) is 5. The van der Waals surface area contributed by atoms with Gasteiger partial charge in [-0.3, -0.25) is 4.79 Å². The molecule has 2 heterocycles. The Hall–Kier alpha value is -2.73. The molecule has 0 radical (unpaired) electrons. The van der Waals surface area contributed by atoms with Gasteiger partial charge in [0.1, 0.15) is 11.4 Å². The largest absolute Gasteiger partial charge is 0.493 e. The van der Waals surface area contributed by atoms with E-state index in [0.29, 0.717) is 17.1 Å². The average molecular weight is 341 g/mol. The first-order valence-electron chi connectivity index (χ1n) is 8.23. The Bertz CT molecular complexity index is 894. The van der Waals surface area contributed by atoms with Gasteiger partial charge < -0.3 is 24.0 Å². The summed E-state index contributed by atoms with van der Waals surface area (Å²) in [6.45, 7) is 0.0677. The fourth-order valence-corrected chi connectivity index (χ4v) is 3.13. The minimum absolute atomic E-state index is 0.0677. The topological polar surface area (TPSA) is 84.8 Å². The van der Waals surface area contributed by atoms with Crippen molar-refractivity contribution in [2.24, 2.45) is 5.92 Å². The van der Waals surface area contributed by atoms with Crippen LogP contribution in [0.3, 0.4) is 0 Å². The van der Waals surface area contributed by atoms with Gasteiger partial charge in [0.2, 0.25) is 0 Å². The van der Waals surface area contributed by atoms with E-state index in [1.165, 1.54) is 6.26 Å². The number of benzene rings is 1. The van der Waals surface area contributed by atoms with Crippen molar-refractivity contribution in [1.82, 2.24) is 5.32 Å². The molecule has 3 aromatic rings. The normalized spacial score (nSPS) is 16.6. The van der Waals surface area contributed by atoms with Gasteiger partial charge in [-0.15, -0.1) is 0 Å². The molecular weight excluding hydrogens is 322 g/mol. The van der Waals surface area contributed by atoms with Crippen LogP contribution >= 0.6 is 0 Å². The minimum atomic E-state index is -1.19. The summed E-state index contributed by atoms with van der Waals surface area (Å²) in [4.78, 5) is 12.5. The van der Waals surface area contributed by atoms with E-state index < -0.39 is 5.60 Å². The summed E-state index contributed by atoms with van der Waals surface area (Å²) in [7, 11) is 1.55. The number of ether oxygens (including phenoxy) is 1. The third kappa shape index (κ3) is 2.78. The third-order valence-electron chi connectivity index (χ3n) is 4.67. The van der Waals surface area contributed by atoms with Crippen molar-refractivity contribution in [3.05, 3.63) is 54.2 Å². The van der Waals surface area contributed by atoms with Gasteiger partial charge in [0.15, 0.2) is 17.1 Å². The molecule has 1 saturated carbocycles. The number of fused-ring (bicyclic) bond motifs is 1. The Morgan fingerprint density at radius 1 is 1.36 bits per heavy atom. The smallest absolute Gasteiger partial charge is 0.287 e. The van der Waals surface area contributed by atoms with Crippen LogP contribution in [0.1, 0.15) is 29.2 Å². The van der Waals surface area contributed by atoms with E-state index in [2.05, 4.69) is 5.32 Å². The van der Waals surface area contributed by atoms with Crippen LogP contribution in [0.2, 0.25) is 0 Å². The van der Waals surface area contributed by atoms with E-state index in [1.54, 1.807) is 31.4 Å². The first kappa shape index (κ1) is 15.8. The lowest BCUT2D eigenvalue weighted by atomic mass is 9.94. The highest BCUT2D eigenvalue weighted by atomic mass is 16.5. The molecule has 130 valence electrons. The second kappa shape index (κ2) is 5.97. The van der Waals surface area contributed by atoms with Crippen molar-refractivity contribution in [3.63, 3.8) is 0 Å². The molecule has 1 amide bonds. The summed E-state index contributed by atoms with van der Waals surface area (Å²) in [5.41, 5.74) is -0.665. The first-order chi connectivity index (χ1) is 12.1. The molecule has 1 aliphatic carbocycles. The number of para-hydroxylation sites is 1. The number of carbonyl (C=O) groups excluding carboxylic acids is 1. The first-order valence-corrected chi connectivity index (χ1v) is 8.23. The molecule has 0 saturated heterocycles. The van der Waals surface area contributed by atoms with E-state index in [0.717, 1.165) is 18.2 Å². The highest BCUT2D eigenvalue weighted by molar-refractivity contribution is 5.97. The fourth-order valence-electron chi connectivity index (χ4n) is 3.13. The van der Waals surface area contributed by atoms with Crippen molar-refractivity contribution in [2.45, 2.75) is 18.4 Å². The molecule has 1 atom stereocenters. The number of carbonyl (C=O) groups is 1. The highest BCUT2D eigenvalue weighted by Crippen LogP contribution is 2.45. The Morgan fingerprint density at radius 2 is 2.20 bits per heavy atom. The fraction of sp³-hybridized carbons (Fsp3) is 0.316. The van der Waals surface area contributed by atoms with Gasteiger partial charge in [0, 0.05) is 5.39 Å². The Kier molecular flexibility index (Phi) is 3.77. The molecule has 0 spiro atoms. The maximum atomic E-state index is 12.5. The number of aliphatic hydroxyl groups is 1. The monoisotopic (exact) mass is 341 g/mol. The predicted octanol–water partition coefficient (Wildman–Crippen LogP) is 3.06. The van der Waals surface area contributed by atoms with Gasteiger partial charge in [-0.25, -0.2) is 0 Å². The van der Waals surface area contributed by atoms with Crippen molar-refractivity contribution in [3.8, 4) is 5.75 Å². The van der Waals surface area contributed by atoms with Crippen LogP contribution in [0.25, 0.3) is 11.0 Å². The maximum Gasteiger partial charge on any atom is 0.287 e. The molecule has 0 aliphatic heterocycles. The standard InChI is InChI=1S/C19H19NO5/c1-23-14-5-2-4-12-10-15(25-17(12)14)18(21)20-11-19(22,13-7-8-13)16-6-3-9-24-16/h2-6,9-10,13,22H,7-8,11H2,1H3,(H,20,21). The Morgan fingerprint density at radius 3 is 2.88 bits per heavy atom. The Labute approximate surface area is 144 Å². The van der Waals surface area contributed by atoms with Crippen molar-refractivity contribution >= 4 is 16.9 Å². The molecule has 1 fully saturated rings. The Balaban J connectivity index is 1.54. The second-order valence-electron chi connectivity index (χ2n) is 6.35. The number of nitrogens with one attached hydrogen (secondary N) is 1. The van der Waals surface area contributed by atoms with E-state index in [1.807, 2.05) is 12.1 Å². The number of hydrogen-bond donors (Lipinski definition) is 2. The van der Waals surface area contributed by atoms with Crippen molar-refractivity contribution < 1.29 is 23.5 Å². The molecule has 6 nitrogen and oxygen atoms in total. The van der Waals surface area contributed by atoms with Gasteiger partial charge in [0.25, 0.3) is 5.91 Å². The quantitative estimate of drug-likeness (QED) is 0.720. The molecule has 4 rings (SSSR count). The third-order valence-corrected chi connectivity index (χ3v) is 4.67. The molecule has 2 N–H and O–H groups in total. The van der Waals surface area contributed by atoms with Crippen LogP contribution in [0.5, 0.6) is 5.75 Å². The number of rotatable bonds is 6. The van der Waals surface area contributed by atoms with Crippen molar-refractivity contribution in [1.29, 1.82) is 0 Å². The molecule has 1 unspecified atom stereocenters. The molecule has 1 aliphatic rings. The molecule has 25 heavy (non-hydrogen) atoms. The van der Waals surface area contributed by atoms with Crippen molar-refractivity contribution in [2.75, 3.05) is 13.7 Å². The lowest BCUT2D eigenvalue weighted by Crippen LogP contribution is -2.42. The number of furan rings is 2. The highest BCUT2D eigenvalue weighted by Gasteiger charge is 2.47. The summed E-state index contributed by atoms with van der Waals surface area (Å²) in [6.07, 6.45) is 3.35. The van der Waals surface area contributed by atoms with E-state index in [4.69, 9.17) is 13.6 Å². The lowest BCUT2D eigenvalue weighted by molar-refractivity contribution is -0.00629. The SMILES string of the molecule is COc1cccc2cc(C(=O)NCC(O)(c3ccco3)C3CC3)oc12. The van der Waals surface area contributed by atoms with Crippen LogP contribution in [0.4, 0.5) is 0 Å². The van der Waals surface area contributed by atoms with Crippen LogP contribution in [-0.4, -0.2) is 24.7 Å². The van der Waals surface area contributed by atoms with Crippen LogP contribution in [-0.2, 0) is 5.60 Å². The zero-order chi connectivity index (χ0) is 17.4. The van der Waals surface area contributed by atoms with E-state index in [9.17, 15) is 9.90 Å². The van der Waals surface area contributed by atoms with Crippen LogP contribution in [0, 0.1) is 5.92 Å².